The summed E-state index contributed by atoms with van der Waals surface area (Å²) < 4.78 is 3.75. The maximum Gasteiger partial charge on any atom is 0.250 e. The lowest BCUT2D eigenvalue weighted by Gasteiger charge is -2.37. The van der Waals surface area contributed by atoms with Crippen molar-refractivity contribution in [2.75, 3.05) is 18.4 Å². The van der Waals surface area contributed by atoms with Crippen LogP contribution in [0, 0.1) is 5.92 Å². The Kier molecular flexibility index (Phi) is 6.38. The lowest BCUT2D eigenvalue weighted by atomic mass is 9.85. The van der Waals surface area contributed by atoms with Gasteiger partial charge in [0.2, 0.25) is 11.5 Å². The van der Waals surface area contributed by atoms with Crippen molar-refractivity contribution in [3.63, 3.8) is 0 Å². The molecule has 1 N–H and O–H groups in total. The Morgan fingerprint density at radius 1 is 0.974 bits per heavy atom. The predicted molar refractivity (Wildman–Crippen MR) is 154 cm³/mol. The molecule has 1 aliphatic heterocycles. The maximum atomic E-state index is 12.2. The highest BCUT2D eigenvalue weighted by atomic mass is 16.2. The molecule has 198 valence electrons. The minimum Gasteiger partial charge on any atom is -0.378 e. The van der Waals surface area contributed by atoms with Crippen molar-refractivity contribution in [2.24, 2.45) is 20.0 Å². The number of pyridine rings is 1. The van der Waals surface area contributed by atoms with Crippen molar-refractivity contribution in [3.05, 3.63) is 89.2 Å². The van der Waals surface area contributed by atoms with E-state index in [1.807, 2.05) is 23.2 Å². The molecular formula is C31H32N6O2. The number of amides is 1. The molecule has 0 spiro atoms. The monoisotopic (exact) mass is 520 g/mol. The summed E-state index contributed by atoms with van der Waals surface area (Å²) in [6.07, 6.45) is 9.20. The molecule has 8 heteroatoms. The number of aromatic nitrogens is 4. The van der Waals surface area contributed by atoms with Crippen LogP contribution in [0.1, 0.15) is 31.4 Å². The van der Waals surface area contributed by atoms with Gasteiger partial charge in [-0.15, -0.1) is 0 Å². The Morgan fingerprint density at radius 3 is 2.54 bits per heavy atom. The van der Waals surface area contributed by atoms with Gasteiger partial charge in [-0.3, -0.25) is 19.6 Å². The molecule has 0 saturated carbocycles. The quantitative estimate of drug-likeness (QED) is 0.356. The van der Waals surface area contributed by atoms with Gasteiger partial charge in [0.15, 0.2) is 0 Å². The standard InChI is InChI=1S/C31H32N6O2/c1-20(38)37-14-9-22(10-15-37)30(24-6-7-29(39)36(3)19-24)34-25-17-26(31-27(18-25)32-11-12-33-31)23-5-4-21-8-13-35(2)28(21)16-23/h4-8,11-13,16-19,22,30,34H,9-10,14-15H2,1-3H3. The highest BCUT2D eigenvalue weighted by Gasteiger charge is 2.29. The number of carbonyl (C=O) groups is 1. The molecule has 8 nitrogen and oxygen atoms in total. The number of anilines is 1. The lowest BCUT2D eigenvalue weighted by Crippen LogP contribution is -2.39. The summed E-state index contributed by atoms with van der Waals surface area (Å²) in [6, 6.07) is 16.3. The molecule has 1 saturated heterocycles. The van der Waals surface area contributed by atoms with Crippen LogP contribution < -0.4 is 10.9 Å². The number of benzene rings is 2. The number of likely N-dealkylation sites (tertiary alicyclic amines) is 1. The number of aryl methyl sites for hydroxylation is 2. The van der Waals surface area contributed by atoms with Crippen LogP contribution in [-0.4, -0.2) is 43.0 Å². The summed E-state index contributed by atoms with van der Waals surface area (Å²) in [7, 11) is 3.84. The molecule has 1 aliphatic rings. The van der Waals surface area contributed by atoms with Gasteiger partial charge in [-0.25, -0.2) is 0 Å². The van der Waals surface area contributed by atoms with Crippen LogP contribution in [-0.2, 0) is 18.9 Å². The molecule has 0 bridgehead atoms. The third-order valence-electron chi connectivity index (χ3n) is 8.02. The number of nitrogens with one attached hydrogen (secondary N) is 1. The summed E-state index contributed by atoms with van der Waals surface area (Å²) >= 11 is 0. The average molecular weight is 521 g/mol. The number of fused-ring (bicyclic) bond motifs is 2. The summed E-state index contributed by atoms with van der Waals surface area (Å²) in [4.78, 5) is 35.4. The number of carbonyl (C=O) groups excluding carboxylic acids is 1. The molecule has 39 heavy (non-hydrogen) atoms. The second-order valence-corrected chi connectivity index (χ2v) is 10.5. The van der Waals surface area contributed by atoms with Crippen LogP contribution in [0.2, 0.25) is 0 Å². The first-order valence-corrected chi connectivity index (χ1v) is 13.4. The Labute approximate surface area is 226 Å². The molecule has 5 aromatic rings. The van der Waals surface area contributed by atoms with E-state index in [0.717, 1.165) is 64.9 Å². The van der Waals surface area contributed by atoms with Crippen molar-refractivity contribution < 1.29 is 4.79 Å². The number of hydrogen-bond acceptors (Lipinski definition) is 5. The summed E-state index contributed by atoms with van der Waals surface area (Å²) in [5.74, 6) is 0.409. The molecule has 1 fully saturated rings. The average Bonchev–Trinajstić information content (AvgIpc) is 3.32. The maximum absolute atomic E-state index is 12.2. The molecule has 4 heterocycles. The fourth-order valence-electron chi connectivity index (χ4n) is 5.81. The molecule has 6 rings (SSSR count). The van der Waals surface area contributed by atoms with E-state index in [0.29, 0.717) is 5.92 Å². The highest BCUT2D eigenvalue weighted by Crippen LogP contribution is 2.37. The second kappa shape index (κ2) is 10.0. The minimum absolute atomic E-state index is 0.0387. The van der Waals surface area contributed by atoms with Gasteiger partial charge in [-0.1, -0.05) is 18.2 Å². The van der Waals surface area contributed by atoms with E-state index in [9.17, 15) is 9.59 Å². The Balaban J connectivity index is 1.43. The zero-order valence-corrected chi connectivity index (χ0v) is 22.5. The van der Waals surface area contributed by atoms with Crippen molar-refractivity contribution in [1.29, 1.82) is 0 Å². The molecule has 0 aliphatic carbocycles. The van der Waals surface area contributed by atoms with Crippen molar-refractivity contribution >= 4 is 33.5 Å². The molecule has 1 unspecified atom stereocenters. The number of hydrogen-bond donors (Lipinski definition) is 1. The first-order valence-electron chi connectivity index (χ1n) is 13.4. The predicted octanol–water partition coefficient (Wildman–Crippen LogP) is 4.90. The van der Waals surface area contributed by atoms with Gasteiger partial charge in [-0.05, 0) is 59.5 Å². The van der Waals surface area contributed by atoms with Gasteiger partial charge in [0.05, 0.1) is 17.1 Å². The van der Waals surface area contributed by atoms with E-state index < -0.39 is 0 Å². The van der Waals surface area contributed by atoms with E-state index in [2.05, 4.69) is 63.4 Å². The number of nitrogens with zero attached hydrogens (tertiary/aromatic N) is 5. The Morgan fingerprint density at radius 2 is 1.77 bits per heavy atom. The third-order valence-corrected chi connectivity index (χ3v) is 8.02. The van der Waals surface area contributed by atoms with E-state index in [1.54, 1.807) is 37.0 Å². The van der Waals surface area contributed by atoms with E-state index in [4.69, 9.17) is 0 Å². The van der Waals surface area contributed by atoms with Gasteiger partial charge in [0, 0.05) is 81.7 Å². The SMILES string of the molecule is CC(=O)N1CCC(C(Nc2cc(-c3ccc4ccn(C)c4c3)c3nccnc3c2)c2ccc(=O)n(C)c2)CC1. The summed E-state index contributed by atoms with van der Waals surface area (Å²) in [5, 5.41) is 5.00. The molecule has 3 aromatic heterocycles. The fraction of sp³-hybridized carbons (Fsp3) is 0.290. The fourth-order valence-corrected chi connectivity index (χ4v) is 5.81. The molecule has 0 radical (unpaired) electrons. The zero-order valence-electron chi connectivity index (χ0n) is 22.5. The minimum atomic E-state index is -0.0387. The van der Waals surface area contributed by atoms with Crippen molar-refractivity contribution in [1.82, 2.24) is 24.0 Å². The summed E-state index contributed by atoms with van der Waals surface area (Å²) in [6.45, 7) is 3.09. The first kappa shape index (κ1) is 24.9. The molecule has 1 atom stereocenters. The Hall–Kier alpha value is -4.46. The van der Waals surface area contributed by atoms with Crippen molar-refractivity contribution in [2.45, 2.75) is 25.8 Å². The largest absolute Gasteiger partial charge is 0.378 e. The van der Waals surface area contributed by atoms with E-state index in [1.165, 1.54) is 5.39 Å². The van der Waals surface area contributed by atoms with Crippen LogP contribution in [0.3, 0.4) is 0 Å². The van der Waals surface area contributed by atoms with Gasteiger partial charge < -0.3 is 19.4 Å². The second-order valence-electron chi connectivity index (χ2n) is 10.5. The van der Waals surface area contributed by atoms with Crippen LogP contribution >= 0.6 is 0 Å². The summed E-state index contributed by atoms with van der Waals surface area (Å²) in [5.41, 5.74) is 6.86. The van der Waals surface area contributed by atoms with E-state index >= 15 is 0 Å². The van der Waals surface area contributed by atoms with Crippen LogP contribution in [0.5, 0.6) is 0 Å². The Bertz CT molecular complexity index is 1750. The number of rotatable bonds is 5. The number of piperidine rings is 1. The molecule has 1 amide bonds. The molecule has 2 aromatic carbocycles. The smallest absolute Gasteiger partial charge is 0.250 e. The van der Waals surface area contributed by atoms with Gasteiger partial charge >= 0.3 is 0 Å². The van der Waals surface area contributed by atoms with Gasteiger partial charge in [0.25, 0.3) is 0 Å². The lowest BCUT2D eigenvalue weighted by molar-refractivity contribution is -0.130. The third kappa shape index (κ3) is 4.78. The zero-order chi connectivity index (χ0) is 27.1. The molecular weight excluding hydrogens is 488 g/mol. The van der Waals surface area contributed by atoms with Gasteiger partial charge in [0.1, 0.15) is 0 Å². The topological polar surface area (TPSA) is 85.1 Å². The van der Waals surface area contributed by atoms with E-state index in [-0.39, 0.29) is 17.5 Å². The first-order chi connectivity index (χ1) is 18.9. The van der Waals surface area contributed by atoms with Crippen LogP contribution in [0.15, 0.2) is 78.1 Å². The van der Waals surface area contributed by atoms with Crippen LogP contribution in [0.4, 0.5) is 5.69 Å². The van der Waals surface area contributed by atoms with Crippen LogP contribution in [0.25, 0.3) is 33.1 Å². The normalized spacial score (nSPS) is 15.1. The highest BCUT2D eigenvalue weighted by molar-refractivity contribution is 5.97. The van der Waals surface area contributed by atoms with Gasteiger partial charge in [-0.2, -0.15) is 0 Å². The van der Waals surface area contributed by atoms with Crippen molar-refractivity contribution in [3.8, 4) is 11.1 Å².